The van der Waals surface area contributed by atoms with Crippen molar-refractivity contribution in [2.24, 2.45) is 0 Å². The smallest absolute Gasteiger partial charge is 0.417 e. The van der Waals surface area contributed by atoms with E-state index in [1.165, 1.54) is 42.7 Å². The number of anilines is 4. The normalized spacial score (nSPS) is 10.5. The number of non-ortho nitro benzene ring substituents is 1. The van der Waals surface area contributed by atoms with Gasteiger partial charge < -0.3 is 4.42 Å². The Labute approximate surface area is 529 Å². The molecule has 0 saturated carbocycles. The van der Waals surface area contributed by atoms with Gasteiger partial charge in [-0.25, -0.2) is 19.9 Å². The van der Waals surface area contributed by atoms with Crippen LogP contribution in [0, 0.1) is 37.8 Å². The number of nitrogens with one attached hydrogen (secondary N) is 4. The van der Waals surface area contributed by atoms with Gasteiger partial charge in [0.2, 0.25) is 23.8 Å². The Morgan fingerprint density at radius 2 is 0.766 bits per heavy atom. The van der Waals surface area contributed by atoms with Gasteiger partial charge in [-0.1, -0.05) is 36.4 Å². The molecule has 0 unspecified atom stereocenters. The van der Waals surface area contributed by atoms with E-state index in [0.29, 0.717) is 69.1 Å². The highest BCUT2D eigenvalue weighted by Crippen LogP contribution is 2.32. The van der Waals surface area contributed by atoms with Gasteiger partial charge in [0, 0.05) is 60.4 Å². The minimum absolute atomic E-state index is 0.0801. The molecule has 2 aromatic carbocycles. The molecule has 0 aliphatic heterocycles. The first-order valence-corrected chi connectivity index (χ1v) is 27.5. The lowest BCUT2D eigenvalue weighted by Gasteiger charge is -2.12. The van der Waals surface area contributed by atoms with E-state index < -0.39 is 39.9 Å². The van der Waals surface area contributed by atoms with Crippen molar-refractivity contribution in [2.45, 2.75) is 33.9 Å². The van der Waals surface area contributed by atoms with Crippen molar-refractivity contribution in [1.29, 1.82) is 0 Å². The first kappa shape index (κ1) is 65.0. The van der Waals surface area contributed by atoms with Crippen LogP contribution in [0.4, 0.5) is 42.7 Å². The maximum atomic E-state index is 13.1. The average molecular weight is 1270 g/mol. The lowest BCUT2D eigenvalue weighted by atomic mass is 10.1. The summed E-state index contributed by atoms with van der Waals surface area (Å²) < 4.78 is 44.2. The Balaban J connectivity index is 0.000000148. The van der Waals surface area contributed by atoms with Gasteiger partial charge in [-0.2, -0.15) is 53.0 Å². The SMILES string of the molecule is Cc1nc(NC(=O)c2ccc([N+](=O)[O-])cc2)nc(-c2ccccn2)n1.Cc1nc(NC(=O)c2ccccc2C(F)(F)F)nc(-c2ccccn2)n1.Cc1nc(NC(=O)c2ccco2)nc(-c2ccccn2)n1.Cc1nc(NC(=O)c2ccncc2)nc(-c2ccccn2)n1. The van der Waals surface area contributed by atoms with Crippen molar-refractivity contribution in [3.8, 4) is 46.1 Å². The Bertz CT molecular complexity index is 4600. The Morgan fingerprint density at radius 1 is 0.404 bits per heavy atom. The van der Waals surface area contributed by atoms with Gasteiger partial charge >= 0.3 is 6.18 Å². The van der Waals surface area contributed by atoms with E-state index in [2.05, 4.69) is 106 Å². The van der Waals surface area contributed by atoms with Gasteiger partial charge in [0.15, 0.2) is 29.1 Å². The van der Waals surface area contributed by atoms with Crippen LogP contribution in [0.25, 0.3) is 46.1 Å². The number of carbonyl (C=O) groups is 4. The molecule has 10 aromatic heterocycles. The number of aryl methyl sites for hydroxylation is 4. The van der Waals surface area contributed by atoms with Crippen LogP contribution in [0.5, 0.6) is 0 Å². The molecule has 0 saturated heterocycles. The number of carbonyl (C=O) groups excluding carboxylic acids is 4. The molecule has 4 N–H and O–H groups in total. The largest absolute Gasteiger partial charge is 0.459 e. The van der Waals surface area contributed by atoms with Crippen LogP contribution in [0.3, 0.4) is 0 Å². The van der Waals surface area contributed by atoms with Crippen molar-refractivity contribution in [3.05, 3.63) is 250 Å². The first-order valence-electron chi connectivity index (χ1n) is 27.5. The highest BCUT2D eigenvalue weighted by Gasteiger charge is 2.35. The number of rotatable bonds is 13. The Hall–Kier alpha value is -13.4. The molecule has 0 spiro atoms. The molecule has 0 atom stereocenters. The highest BCUT2D eigenvalue weighted by atomic mass is 19.4. The standard InChI is InChI=1S/C17H12F3N5O.C16H12N6O3.C15H12N6O.C14H11N5O2/c1-10-22-14(13-8-4-5-9-21-13)24-16(23-10)25-15(26)11-6-2-3-7-12(11)17(18,19)20;1-10-18-14(13-4-2-3-9-17-13)20-16(19-10)21-15(23)11-5-7-12(8-6-11)22(24)25;1-10-18-13(12-4-2-3-7-17-12)20-15(19-10)21-14(22)11-5-8-16-9-6-11;1-9-16-12(10-5-2-3-7-15-10)18-14(17-9)19-13(20)11-6-4-8-21-11/h2-9H,1H3,(H,22,23,24,25,26);2-9H,1H3,(H,18,19,20,21,23);2-9H,1H3,(H,18,19,20,21,22);2-8H,1H3,(H,16,17,18,19,20). The molecule has 12 aromatic rings. The van der Waals surface area contributed by atoms with E-state index in [9.17, 15) is 42.5 Å². The topological polar surface area (TPSA) is 392 Å². The van der Waals surface area contributed by atoms with E-state index >= 15 is 0 Å². The minimum atomic E-state index is -4.65. The third-order valence-electron chi connectivity index (χ3n) is 12.0. The van der Waals surface area contributed by atoms with Gasteiger partial charge in [-0.15, -0.1) is 0 Å². The second-order valence-corrected chi connectivity index (χ2v) is 18.9. The summed E-state index contributed by atoms with van der Waals surface area (Å²) >= 11 is 0. The van der Waals surface area contributed by atoms with Gasteiger partial charge in [0.25, 0.3) is 29.3 Å². The van der Waals surface area contributed by atoms with Crippen LogP contribution in [0.1, 0.15) is 70.5 Å². The fraction of sp³-hybridized carbons (Fsp3) is 0.0806. The number of aromatic nitrogens is 17. The molecule has 94 heavy (non-hydrogen) atoms. The van der Waals surface area contributed by atoms with Crippen LogP contribution in [-0.4, -0.2) is 113 Å². The molecule has 0 aliphatic carbocycles. The lowest BCUT2D eigenvalue weighted by Crippen LogP contribution is -2.20. The van der Waals surface area contributed by atoms with Crippen LogP contribution in [0.15, 0.2) is 193 Å². The van der Waals surface area contributed by atoms with Crippen molar-refractivity contribution in [2.75, 3.05) is 21.3 Å². The third kappa shape index (κ3) is 18.3. The van der Waals surface area contributed by atoms with Crippen molar-refractivity contribution in [1.82, 2.24) is 84.7 Å². The Morgan fingerprint density at radius 3 is 1.12 bits per heavy atom. The van der Waals surface area contributed by atoms with Crippen LogP contribution in [-0.2, 0) is 6.18 Å². The highest BCUT2D eigenvalue weighted by molar-refractivity contribution is 6.05. The summed E-state index contributed by atoms with van der Waals surface area (Å²) in [4.78, 5) is 129. The summed E-state index contributed by atoms with van der Waals surface area (Å²) in [6, 6.07) is 37.5. The molecule has 29 nitrogen and oxygen atoms in total. The molecule has 468 valence electrons. The summed E-state index contributed by atoms with van der Waals surface area (Å²) in [5.74, 6) is 1.36. The molecule has 10 heterocycles. The maximum absolute atomic E-state index is 13.1. The zero-order valence-electron chi connectivity index (χ0n) is 49.4. The number of amides is 4. The van der Waals surface area contributed by atoms with Gasteiger partial charge in [-0.3, -0.25) is 75.5 Å². The van der Waals surface area contributed by atoms with E-state index in [-0.39, 0.29) is 52.5 Å². The van der Waals surface area contributed by atoms with E-state index in [1.54, 1.807) is 144 Å². The van der Waals surface area contributed by atoms with Gasteiger partial charge in [0.05, 0.1) is 22.3 Å². The molecular formula is C62H47F3N22O7. The van der Waals surface area contributed by atoms with Crippen molar-refractivity contribution < 1.29 is 41.7 Å². The number of nitrogens with zero attached hydrogens (tertiary/aromatic N) is 18. The van der Waals surface area contributed by atoms with E-state index in [0.717, 1.165) is 12.1 Å². The Kier molecular flexibility index (Phi) is 21.2. The number of nitro groups is 1. The van der Waals surface area contributed by atoms with Gasteiger partial charge in [0.1, 0.15) is 46.1 Å². The predicted octanol–water partition coefficient (Wildman–Crippen LogP) is 9.89. The molecule has 0 aliphatic rings. The number of benzene rings is 2. The second-order valence-electron chi connectivity index (χ2n) is 18.9. The van der Waals surface area contributed by atoms with E-state index in [4.69, 9.17) is 4.42 Å². The minimum Gasteiger partial charge on any atom is -0.459 e. The number of nitro benzene ring substituents is 1. The quantitative estimate of drug-likeness (QED) is 0.0615. The van der Waals surface area contributed by atoms with Gasteiger partial charge in [-0.05, 0) is 125 Å². The fourth-order valence-electron chi connectivity index (χ4n) is 7.84. The lowest BCUT2D eigenvalue weighted by molar-refractivity contribution is -0.384. The second kappa shape index (κ2) is 30.7. The summed E-state index contributed by atoms with van der Waals surface area (Å²) in [6.07, 6.45) is 6.34. The monoisotopic (exact) mass is 1270 g/mol. The fourth-order valence-corrected chi connectivity index (χ4v) is 7.84. The van der Waals surface area contributed by atoms with Crippen molar-refractivity contribution in [3.63, 3.8) is 0 Å². The number of pyridine rings is 5. The third-order valence-corrected chi connectivity index (χ3v) is 12.0. The molecular weight excluding hydrogens is 1220 g/mol. The first-order chi connectivity index (χ1) is 45.3. The average Bonchev–Trinajstić information content (AvgIpc) is 0.907. The zero-order chi connectivity index (χ0) is 66.6. The molecule has 4 amide bonds. The van der Waals surface area contributed by atoms with Crippen LogP contribution in [0.2, 0.25) is 0 Å². The van der Waals surface area contributed by atoms with Crippen LogP contribution >= 0.6 is 0 Å². The molecule has 0 radical (unpaired) electrons. The van der Waals surface area contributed by atoms with Crippen LogP contribution < -0.4 is 21.3 Å². The molecule has 32 heteroatoms. The number of furan rings is 1. The number of alkyl halides is 3. The molecule has 12 rings (SSSR count). The molecule has 0 bridgehead atoms. The maximum Gasteiger partial charge on any atom is 0.417 e. The summed E-state index contributed by atoms with van der Waals surface area (Å²) in [7, 11) is 0. The number of halogens is 3. The predicted molar refractivity (Wildman–Crippen MR) is 330 cm³/mol. The van der Waals surface area contributed by atoms with Crippen molar-refractivity contribution >= 4 is 53.1 Å². The number of hydrogen-bond donors (Lipinski definition) is 4. The van der Waals surface area contributed by atoms with E-state index in [1.807, 2.05) is 18.2 Å². The summed E-state index contributed by atoms with van der Waals surface area (Å²) in [5, 5.41) is 20.7. The summed E-state index contributed by atoms with van der Waals surface area (Å²) in [6.45, 7) is 6.70. The zero-order valence-corrected chi connectivity index (χ0v) is 49.4. The summed E-state index contributed by atoms with van der Waals surface area (Å²) in [5.41, 5.74) is 1.32. The number of hydrogen-bond acceptors (Lipinski definition) is 24. The molecule has 0 fully saturated rings.